The van der Waals surface area contributed by atoms with Crippen LogP contribution in [0.25, 0.3) is 16.6 Å². The molecule has 6 heteroatoms. The maximum absolute atomic E-state index is 12.9. The van der Waals surface area contributed by atoms with E-state index in [0.29, 0.717) is 24.5 Å². The quantitative estimate of drug-likeness (QED) is 0.334. The highest BCUT2D eigenvalue weighted by Crippen LogP contribution is 2.33. The molecule has 0 aliphatic rings. The standard InChI is InChI=1S/C28H30N2O4/c1-4-33-28(32)27-20(3)30(25-13-9-8-10-19(25)2)26-15-14-23(16-24(26)27)34-18-22(31)17-29-21-11-6-5-7-12-21/h5-16,22,29,31H,4,17-18H2,1-3H3/t22-/m0/s1. The van der Waals surface area contributed by atoms with Crippen LogP contribution < -0.4 is 10.1 Å². The average Bonchev–Trinajstić information content (AvgIpc) is 3.13. The van der Waals surface area contributed by atoms with Crippen molar-refractivity contribution < 1.29 is 19.4 Å². The Balaban J connectivity index is 1.61. The number of aromatic nitrogens is 1. The number of rotatable bonds is 9. The molecule has 1 aromatic heterocycles. The zero-order chi connectivity index (χ0) is 24.1. The number of ether oxygens (including phenoxy) is 2. The lowest BCUT2D eigenvalue weighted by molar-refractivity contribution is 0.0527. The predicted molar refractivity (Wildman–Crippen MR) is 135 cm³/mol. The molecule has 6 nitrogen and oxygen atoms in total. The Hall–Kier alpha value is -3.77. The summed E-state index contributed by atoms with van der Waals surface area (Å²) in [5.74, 6) is 0.223. The van der Waals surface area contributed by atoms with Crippen LogP contribution in [0.3, 0.4) is 0 Å². The summed E-state index contributed by atoms with van der Waals surface area (Å²) < 4.78 is 13.3. The topological polar surface area (TPSA) is 72.7 Å². The summed E-state index contributed by atoms with van der Waals surface area (Å²) in [6.45, 7) is 6.56. The minimum atomic E-state index is -0.696. The number of aliphatic hydroxyl groups excluding tert-OH is 1. The highest BCUT2D eigenvalue weighted by Gasteiger charge is 2.23. The molecule has 0 radical (unpaired) electrons. The molecular formula is C28H30N2O4. The van der Waals surface area contributed by atoms with E-state index in [2.05, 4.69) is 9.88 Å². The molecule has 1 atom stereocenters. The number of carbonyl (C=O) groups excluding carboxylic acids is 1. The molecule has 0 spiro atoms. The van der Waals surface area contributed by atoms with E-state index in [1.807, 2.05) is 86.6 Å². The van der Waals surface area contributed by atoms with Gasteiger partial charge in [0.25, 0.3) is 0 Å². The highest BCUT2D eigenvalue weighted by atomic mass is 16.5. The number of aryl methyl sites for hydroxylation is 1. The van der Waals surface area contributed by atoms with Gasteiger partial charge in [0.05, 0.1) is 17.7 Å². The number of esters is 1. The molecule has 0 fully saturated rings. The van der Waals surface area contributed by atoms with Crippen LogP contribution in [-0.4, -0.2) is 41.5 Å². The van der Waals surface area contributed by atoms with Gasteiger partial charge in [-0.2, -0.15) is 0 Å². The molecule has 176 valence electrons. The van der Waals surface area contributed by atoms with E-state index >= 15 is 0 Å². The molecule has 3 aromatic carbocycles. The van der Waals surface area contributed by atoms with Crippen LogP contribution in [-0.2, 0) is 4.74 Å². The summed E-state index contributed by atoms with van der Waals surface area (Å²) in [7, 11) is 0. The number of anilines is 1. The van der Waals surface area contributed by atoms with Crippen molar-refractivity contribution in [3.63, 3.8) is 0 Å². The van der Waals surface area contributed by atoms with Crippen LogP contribution in [0.15, 0.2) is 72.8 Å². The van der Waals surface area contributed by atoms with Crippen molar-refractivity contribution in [3.8, 4) is 11.4 Å². The molecule has 0 aliphatic carbocycles. The average molecular weight is 459 g/mol. The van der Waals surface area contributed by atoms with E-state index in [1.165, 1.54) is 0 Å². The number of hydrogen-bond acceptors (Lipinski definition) is 5. The fourth-order valence-electron chi connectivity index (χ4n) is 4.12. The Morgan fingerprint density at radius 1 is 1.03 bits per heavy atom. The first-order valence-electron chi connectivity index (χ1n) is 11.5. The van der Waals surface area contributed by atoms with E-state index in [4.69, 9.17) is 9.47 Å². The summed E-state index contributed by atoms with van der Waals surface area (Å²) in [4.78, 5) is 12.9. The Bertz CT molecular complexity index is 1280. The third-order valence-corrected chi connectivity index (χ3v) is 5.77. The van der Waals surface area contributed by atoms with Crippen LogP contribution in [0.1, 0.15) is 28.5 Å². The van der Waals surface area contributed by atoms with Gasteiger partial charge in [-0.1, -0.05) is 36.4 Å². The number of para-hydroxylation sites is 2. The van der Waals surface area contributed by atoms with Crippen molar-refractivity contribution in [2.45, 2.75) is 26.9 Å². The summed E-state index contributed by atoms with van der Waals surface area (Å²) >= 11 is 0. The molecule has 0 unspecified atom stereocenters. The molecule has 0 saturated carbocycles. The number of fused-ring (bicyclic) bond motifs is 1. The van der Waals surface area contributed by atoms with Crippen molar-refractivity contribution in [1.29, 1.82) is 0 Å². The molecule has 0 saturated heterocycles. The summed E-state index contributed by atoms with van der Waals surface area (Å²) in [5.41, 5.74) is 5.29. The van der Waals surface area contributed by atoms with Crippen molar-refractivity contribution in [1.82, 2.24) is 4.57 Å². The normalized spacial score (nSPS) is 11.9. The SMILES string of the molecule is CCOC(=O)c1c(C)n(-c2ccccc2C)c2ccc(OC[C@@H](O)CNc3ccccc3)cc12. The first kappa shape index (κ1) is 23.4. The van der Waals surface area contributed by atoms with Gasteiger partial charge in [-0.05, 0) is 62.7 Å². The van der Waals surface area contributed by atoms with Gasteiger partial charge in [-0.25, -0.2) is 4.79 Å². The first-order valence-corrected chi connectivity index (χ1v) is 11.5. The summed E-state index contributed by atoms with van der Waals surface area (Å²) in [5, 5.41) is 14.3. The molecule has 0 amide bonds. The van der Waals surface area contributed by atoms with Gasteiger partial charge in [0.15, 0.2) is 0 Å². The molecule has 4 aromatic rings. The lowest BCUT2D eigenvalue weighted by Crippen LogP contribution is -2.26. The number of nitrogens with zero attached hydrogens (tertiary/aromatic N) is 1. The van der Waals surface area contributed by atoms with Gasteiger partial charge in [0, 0.05) is 29.0 Å². The highest BCUT2D eigenvalue weighted by molar-refractivity contribution is 6.07. The Morgan fingerprint density at radius 2 is 1.76 bits per heavy atom. The third-order valence-electron chi connectivity index (χ3n) is 5.77. The summed E-state index contributed by atoms with van der Waals surface area (Å²) in [6, 6.07) is 23.4. The molecule has 2 N–H and O–H groups in total. The Kier molecular flexibility index (Phi) is 7.18. The second-order valence-electron chi connectivity index (χ2n) is 8.19. The van der Waals surface area contributed by atoms with Crippen LogP contribution in [0.5, 0.6) is 5.75 Å². The number of nitrogens with one attached hydrogen (secondary N) is 1. The van der Waals surface area contributed by atoms with Crippen molar-refractivity contribution in [2.75, 3.05) is 25.1 Å². The monoisotopic (exact) mass is 458 g/mol. The van der Waals surface area contributed by atoms with Gasteiger partial charge in [0.1, 0.15) is 18.5 Å². The number of benzene rings is 3. The zero-order valence-electron chi connectivity index (χ0n) is 19.7. The van der Waals surface area contributed by atoms with Crippen molar-refractivity contribution >= 4 is 22.6 Å². The molecule has 0 bridgehead atoms. The Morgan fingerprint density at radius 3 is 2.50 bits per heavy atom. The van der Waals surface area contributed by atoms with Crippen LogP contribution in [0.4, 0.5) is 5.69 Å². The number of aliphatic hydroxyl groups is 1. The summed E-state index contributed by atoms with van der Waals surface area (Å²) in [6.07, 6.45) is -0.696. The Labute approximate surface area is 199 Å². The van der Waals surface area contributed by atoms with Gasteiger partial charge < -0.3 is 24.5 Å². The molecule has 0 aliphatic heterocycles. The van der Waals surface area contributed by atoms with E-state index < -0.39 is 6.10 Å². The van der Waals surface area contributed by atoms with E-state index in [-0.39, 0.29) is 12.6 Å². The minimum absolute atomic E-state index is 0.123. The molecular weight excluding hydrogens is 428 g/mol. The van der Waals surface area contributed by atoms with Crippen molar-refractivity contribution in [2.24, 2.45) is 0 Å². The van der Waals surface area contributed by atoms with E-state index in [0.717, 1.165) is 33.5 Å². The largest absolute Gasteiger partial charge is 0.491 e. The van der Waals surface area contributed by atoms with Gasteiger partial charge in [-0.3, -0.25) is 0 Å². The maximum Gasteiger partial charge on any atom is 0.340 e. The predicted octanol–water partition coefficient (Wildman–Crippen LogP) is 5.28. The molecule has 4 rings (SSSR count). The van der Waals surface area contributed by atoms with Gasteiger partial charge in [-0.15, -0.1) is 0 Å². The molecule has 34 heavy (non-hydrogen) atoms. The third kappa shape index (κ3) is 4.92. The first-order chi connectivity index (χ1) is 16.5. The van der Waals surface area contributed by atoms with Crippen LogP contribution in [0, 0.1) is 13.8 Å². The lowest BCUT2D eigenvalue weighted by atomic mass is 10.1. The minimum Gasteiger partial charge on any atom is -0.491 e. The zero-order valence-corrected chi connectivity index (χ0v) is 19.7. The van der Waals surface area contributed by atoms with Crippen LogP contribution >= 0.6 is 0 Å². The van der Waals surface area contributed by atoms with E-state index in [1.54, 1.807) is 6.92 Å². The van der Waals surface area contributed by atoms with Gasteiger partial charge in [0.2, 0.25) is 0 Å². The number of carbonyl (C=O) groups is 1. The maximum atomic E-state index is 12.9. The lowest BCUT2D eigenvalue weighted by Gasteiger charge is -2.14. The van der Waals surface area contributed by atoms with Crippen LogP contribution in [0.2, 0.25) is 0 Å². The van der Waals surface area contributed by atoms with Crippen molar-refractivity contribution in [3.05, 3.63) is 89.6 Å². The van der Waals surface area contributed by atoms with E-state index in [9.17, 15) is 9.90 Å². The smallest absolute Gasteiger partial charge is 0.340 e. The fourth-order valence-corrected chi connectivity index (χ4v) is 4.12. The molecule has 1 heterocycles. The second-order valence-corrected chi connectivity index (χ2v) is 8.19. The number of hydrogen-bond donors (Lipinski definition) is 2. The van der Waals surface area contributed by atoms with Gasteiger partial charge >= 0.3 is 5.97 Å². The fraction of sp³-hybridized carbons (Fsp3) is 0.250. The second kappa shape index (κ2) is 10.4.